The minimum absolute atomic E-state index is 0.0190. The molecule has 1 saturated heterocycles. The fourth-order valence-corrected chi connectivity index (χ4v) is 4.86. The Morgan fingerprint density at radius 2 is 1.79 bits per heavy atom. The van der Waals surface area contributed by atoms with E-state index in [9.17, 15) is 4.79 Å². The molecule has 0 spiro atoms. The van der Waals surface area contributed by atoms with Gasteiger partial charge in [0.25, 0.3) is 0 Å². The van der Waals surface area contributed by atoms with Gasteiger partial charge in [-0.15, -0.1) is 0 Å². The van der Waals surface area contributed by atoms with Gasteiger partial charge < -0.3 is 5.32 Å². The maximum absolute atomic E-state index is 12.2. The number of anilines is 2. The van der Waals surface area contributed by atoms with Crippen molar-refractivity contribution in [2.75, 3.05) is 18.4 Å². The number of aryl methyl sites for hydroxylation is 3. The summed E-state index contributed by atoms with van der Waals surface area (Å²) in [6.45, 7) is 5.03. The van der Waals surface area contributed by atoms with E-state index in [4.69, 9.17) is 4.98 Å². The molecule has 3 aromatic heterocycles. The Bertz CT molecular complexity index is 1330. The molecule has 0 bridgehead atoms. The van der Waals surface area contributed by atoms with Crippen LogP contribution in [-0.2, 0) is 20.6 Å². The van der Waals surface area contributed by atoms with Crippen LogP contribution >= 0.6 is 0 Å². The number of nitrogens with zero attached hydrogens (tertiary/aromatic N) is 5. The van der Waals surface area contributed by atoms with Crippen LogP contribution in [0.5, 0.6) is 0 Å². The number of benzene rings is 1. The number of hydrogen-bond acceptors (Lipinski definition) is 5. The Morgan fingerprint density at radius 1 is 1.00 bits per heavy atom. The lowest BCUT2D eigenvalue weighted by atomic mass is 9.92. The molecular weight excluding hydrogens is 412 g/mol. The van der Waals surface area contributed by atoms with Crippen molar-refractivity contribution in [3.05, 3.63) is 82.2 Å². The van der Waals surface area contributed by atoms with Crippen LogP contribution in [-0.4, -0.2) is 37.1 Å². The molecule has 0 saturated carbocycles. The molecule has 4 heterocycles. The van der Waals surface area contributed by atoms with Gasteiger partial charge in [0.05, 0.1) is 11.0 Å². The van der Waals surface area contributed by atoms with E-state index in [0.29, 0.717) is 5.92 Å². The molecule has 0 radical (unpaired) electrons. The number of nitrogens with one attached hydrogen (secondary N) is 1. The van der Waals surface area contributed by atoms with E-state index in [0.717, 1.165) is 66.4 Å². The number of rotatable bonds is 5. The number of fused-ring (bicyclic) bond motifs is 1. The van der Waals surface area contributed by atoms with Gasteiger partial charge in [0.1, 0.15) is 5.82 Å². The highest BCUT2D eigenvalue weighted by Crippen LogP contribution is 2.30. The van der Waals surface area contributed by atoms with E-state index >= 15 is 0 Å². The minimum Gasteiger partial charge on any atom is -0.340 e. The van der Waals surface area contributed by atoms with Crippen LogP contribution in [0.1, 0.15) is 35.7 Å². The van der Waals surface area contributed by atoms with Crippen molar-refractivity contribution >= 4 is 22.5 Å². The van der Waals surface area contributed by atoms with Gasteiger partial charge >= 0.3 is 5.69 Å². The summed E-state index contributed by atoms with van der Waals surface area (Å²) in [6, 6.07) is 16.5. The van der Waals surface area contributed by atoms with E-state index < -0.39 is 0 Å². The van der Waals surface area contributed by atoms with Crippen LogP contribution in [0.15, 0.2) is 59.5 Å². The molecule has 5 rings (SSSR count). The van der Waals surface area contributed by atoms with E-state index in [2.05, 4.69) is 52.5 Å². The van der Waals surface area contributed by atoms with Crippen LogP contribution in [0.25, 0.3) is 11.0 Å². The van der Waals surface area contributed by atoms with E-state index in [1.54, 1.807) is 15.3 Å². The third-order valence-electron chi connectivity index (χ3n) is 6.66. The highest BCUT2D eigenvalue weighted by atomic mass is 16.1. The van der Waals surface area contributed by atoms with Crippen molar-refractivity contribution in [2.24, 2.45) is 14.1 Å². The molecule has 1 aromatic carbocycles. The summed E-state index contributed by atoms with van der Waals surface area (Å²) in [5.41, 5.74) is 6.46. The first-order valence-electron chi connectivity index (χ1n) is 11.5. The monoisotopic (exact) mass is 442 g/mol. The largest absolute Gasteiger partial charge is 0.340 e. The topological polar surface area (TPSA) is 68.0 Å². The van der Waals surface area contributed by atoms with Gasteiger partial charge in [0, 0.05) is 49.8 Å². The highest BCUT2D eigenvalue weighted by molar-refractivity contribution is 5.76. The van der Waals surface area contributed by atoms with Gasteiger partial charge in [-0.25, -0.2) is 9.78 Å². The maximum Gasteiger partial charge on any atom is 0.328 e. The molecule has 33 heavy (non-hydrogen) atoms. The highest BCUT2D eigenvalue weighted by Gasteiger charge is 2.22. The second kappa shape index (κ2) is 8.83. The van der Waals surface area contributed by atoms with Gasteiger partial charge in [0.2, 0.25) is 0 Å². The number of piperidine rings is 1. The van der Waals surface area contributed by atoms with Crippen molar-refractivity contribution in [1.29, 1.82) is 0 Å². The number of imidazole rings is 1. The summed E-state index contributed by atoms with van der Waals surface area (Å²) < 4.78 is 3.43. The van der Waals surface area contributed by atoms with Gasteiger partial charge in [-0.1, -0.05) is 12.1 Å². The Balaban J connectivity index is 1.25. The zero-order chi connectivity index (χ0) is 22.9. The summed E-state index contributed by atoms with van der Waals surface area (Å²) in [7, 11) is 3.66. The van der Waals surface area contributed by atoms with E-state index in [-0.39, 0.29) is 5.69 Å². The Hall–Kier alpha value is -3.45. The van der Waals surface area contributed by atoms with Crippen molar-refractivity contribution in [3.63, 3.8) is 0 Å². The molecule has 1 aliphatic heterocycles. The van der Waals surface area contributed by atoms with Crippen molar-refractivity contribution in [3.8, 4) is 0 Å². The fourth-order valence-electron chi connectivity index (χ4n) is 4.86. The standard InChI is InChI=1S/C26H30N6O/c1-18-14-21(29-25-6-4-5-11-27-25)16-22(28-18)20-9-12-32(13-10-20)17-19-7-8-23-24(15-19)31(3)26(33)30(23)2/h4-8,11,14-16,20H,9-10,12-13,17H2,1-3H3,(H,27,28,29). The molecule has 1 N–H and O–H groups in total. The second-order valence-corrected chi connectivity index (χ2v) is 9.04. The van der Waals surface area contributed by atoms with E-state index in [1.165, 1.54) is 5.56 Å². The van der Waals surface area contributed by atoms with Crippen molar-refractivity contribution < 1.29 is 0 Å². The smallest absolute Gasteiger partial charge is 0.328 e. The first-order valence-corrected chi connectivity index (χ1v) is 11.5. The molecule has 170 valence electrons. The number of aromatic nitrogens is 4. The zero-order valence-electron chi connectivity index (χ0n) is 19.5. The van der Waals surface area contributed by atoms with Gasteiger partial charge in [-0.05, 0) is 74.8 Å². The van der Waals surface area contributed by atoms with Crippen LogP contribution in [0.3, 0.4) is 0 Å². The lowest BCUT2D eigenvalue weighted by Gasteiger charge is -2.32. The van der Waals surface area contributed by atoms with Crippen LogP contribution in [0, 0.1) is 6.92 Å². The molecule has 0 aliphatic carbocycles. The SMILES string of the molecule is Cc1cc(Nc2ccccn2)cc(C2CCN(Cc3ccc4c(c3)n(C)c(=O)n4C)CC2)n1. The molecule has 1 aliphatic rings. The first kappa shape index (κ1) is 21.4. The molecule has 4 aromatic rings. The van der Waals surface area contributed by atoms with Gasteiger partial charge in [0.15, 0.2) is 0 Å². The minimum atomic E-state index is 0.0190. The van der Waals surface area contributed by atoms with E-state index in [1.807, 2.05) is 32.3 Å². The third kappa shape index (κ3) is 4.41. The van der Waals surface area contributed by atoms with Crippen molar-refractivity contribution in [1.82, 2.24) is 24.0 Å². The lowest BCUT2D eigenvalue weighted by molar-refractivity contribution is 0.203. The van der Waals surface area contributed by atoms with Gasteiger partial charge in [-0.3, -0.25) is 19.0 Å². The molecule has 0 unspecified atom stereocenters. The predicted octanol–water partition coefficient (Wildman–Crippen LogP) is 4.10. The van der Waals surface area contributed by atoms with Crippen LogP contribution < -0.4 is 11.0 Å². The fraction of sp³-hybridized carbons (Fsp3) is 0.346. The molecular formula is C26H30N6O. The molecule has 7 heteroatoms. The van der Waals surface area contributed by atoms with Crippen LogP contribution in [0.2, 0.25) is 0 Å². The summed E-state index contributed by atoms with van der Waals surface area (Å²) >= 11 is 0. The summed E-state index contributed by atoms with van der Waals surface area (Å²) in [6.07, 6.45) is 3.97. The molecule has 1 fully saturated rings. The summed E-state index contributed by atoms with van der Waals surface area (Å²) in [5.74, 6) is 1.31. The number of pyridine rings is 2. The zero-order valence-corrected chi connectivity index (χ0v) is 19.5. The number of likely N-dealkylation sites (tertiary alicyclic amines) is 1. The van der Waals surface area contributed by atoms with Gasteiger partial charge in [-0.2, -0.15) is 0 Å². The summed E-state index contributed by atoms with van der Waals surface area (Å²) in [4.78, 5) is 23.9. The quantitative estimate of drug-likeness (QED) is 0.504. The maximum atomic E-state index is 12.2. The summed E-state index contributed by atoms with van der Waals surface area (Å²) in [5, 5.41) is 3.40. The molecule has 0 atom stereocenters. The average molecular weight is 443 g/mol. The Kier molecular flexibility index (Phi) is 5.72. The number of hydrogen-bond donors (Lipinski definition) is 1. The third-order valence-corrected chi connectivity index (χ3v) is 6.66. The Labute approximate surface area is 193 Å². The molecule has 7 nitrogen and oxygen atoms in total. The van der Waals surface area contributed by atoms with Crippen molar-refractivity contribution in [2.45, 2.75) is 32.2 Å². The Morgan fingerprint density at radius 3 is 2.55 bits per heavy atom. The second-order valence-electron chi connectivity index (χ2n) is 9.04. The molecule has 0 amide bonds. The predicted molar refractivity (Wildman–Crippen MR) is 132 cm³/mol. The average Bonchev–Trinajstić information content (AvgIpc) is 3.03. The first-order chi connectivity index (χ1) is 16.0. The normalized spacial score (nSPS) is 15.2. The van der Waals surface area contributed by atoms with Crippen LogP contribution in [0.4, 0.5) is 11.5 Å². The lowest BCUT2D eigenvalue weighted by Crippen LogP contribution is -2.32.